The van der Waals surface area contributed by atoms with Crippen LogP contribution in [0.15, 0.2) is 24.3 Å². The van der Waals surface area contributed by atoms with Crippen LogP contribution in [-0.2, 0) is 11.2 Å². The van der Waals surface area contributed by atoms with Crippen molar-refractivity contribution in [3.8, 4) is 0 Å². The van der Waals surface area contributed by atoms with E-state index in [-0.39, 0.29) is 18.0 Å². The van der Waals surface area contributed by atoms with Crippen molar-refractivity contribution in [1.82, 2.24) is 10.2 Å². The van der Waals surface area contributed by atoms with E-state index in [9.17, 15) is 9.90 Å². The maximum atomic E-state index is 12.3. The van der Waals surface area contributed by atoms with Crippen molar-refractivity contribution in [1.29, 1.82) is 0 Å². The molecule has 0 spiro atoms. The van der Waals surface area contributed by atoms with Crippen molar-refractivity contribution < 1.29 is 9.90 Å². The molecular weight excluding hydrogens is 288 g/mol. The Labute approximate surface area is 139 Å². The third-order valence-electron chi connectivity index (χ3n) is 4.72. The molecule has 2 unspecified atom stereocenters. The first kappa shape index (κ1) is 18.0. The molecular formula is C19H30N2O2. The summed E-state index contributed by atoms with van der Waals surface area (Å²) in [5.74, 6) is 0.0437. The third kappa shape index (κ3) is 5.05. The van der Waals surface area contributed by atoms with Crippen molar-refractivity contribution in [2.75, 3.05) is 13.1 Å². The van der Waals surface area contributed by atoms with Crippen LogP contribution in [-0.4, -0.2) is 46.7 Å². The van der Waals surface area contributed by atoms with E-state index in [4.69, 9.17) is 0 Å². The van der Waals surface area contributed by atoms with Gasteiger partial charge >= 0.3 is 0 Å². The molecule has 1 amide bonds. The zero-order valence-corrected chi connectivity index (χ0v) is 14.8. The van der Waals surface area contributed by atoms with Crippen molar-refractivity contribution in [2.24, 2.45) is 0 Å². The molecule has 23 heavy (non-hydrogen) atoms. The molecule has 128 valence electrons. The van der Waals surface area contributed by atoms with E-state index in [1.807, 2.05) is 32.9 Å². The Morgan fingerprint density at radius 2 is 2.13 bits per heavy atom. The lowest BCUT2D eigenvalue weighted by atomic mass is 9.96. The van der Waals surface area contributed by atoms with Gasteiger partial charge in [0.05, 0.1) is 12.1 Å². The molecule has 2 atom stereocenters. The van der Waals surface area contributed by atoms with Gasteiger partial charge < -0.3 is 10.4 Å². The molecule has 4 heteroatoms. The molecule has 1 aliphatic heterocycles. The summed E-state index contributed by atoms with van der Waals surface area (Å²) in [7, 11) is 0. The van der Waals surface area contributed by atoms with Crippen molar-refractivity contribution in [3.63, 3.8) is 0 Å². The van der Waals surface area contributed by atoms with Crippen LogP contribution < -0.4 is 5.32 Å². The largest absolute Gasteiger partial charge is 0.389 e. The van der Waals surface area contributed by atoms with Gasteiger partial charge in [-0.25, -0.2) is 0 Å². The fourth-order valence-electron chi connectivity index (χ4n) is 3.54. The van der Waals surface area contributed by atoms with Crippen LogP contribution in [0.4, 0.5) is 0 Å². The van der Waals surface area contributed by atoms with Crippen LogP contribution in [0.1, 0.15) is 44.7 Å². The molecule has 4 nitrogen and oxygen atoms in total. The second kappa shape index (κ2) is 7.45. The van der Waals surface area contributed by atoms with Gasteiger partial charge in [-0.05, 0) is 64.6 Å². The molecule has 1 saturated heterocycles. The van der Waals surface area contributed by atoms with Crippen molar-refractivity contribution in [3.05, 3.63) is 35.4 Å². The Balaban J connectivity index is 1.86. The van der Waals surface area contributed by atoms with Crippen LogP contribution in [0.5, 0.6) is 0 Å². The highest BCUT2D eigenvalue weighted by Gasteiger charge is 2.36. The van der Waals surface area contributed by atoms with Crippen LogP contribution in [0.2, 0.25) is 0 Å². The first-order valence-electron chi connectivity index (χ1n) is 8.57. The van der Waals surface area contributed by atoms with Gasteiger partial charge in [0.2, 0.25) is 5.91 Å². The number of amides is 1. The Kier molecular flexibility index (Phi) is 5.82. The monoisotopic (exact) mass is 318 g/mol. The van der Waals surface area contributed by atoms with Gasteiger partial charge in [0, 0.05) is 12.1 Å². The predicted octanol–water partition coefficient (Wildman–Crippen LogP) is 2.28. The number of likely N-dealkylation sites (tertiary alicyclic amines) is 1. The lowest BCUT2D eigenvalue weighted by Crippen LogP contribution is -2.50. The zero-order valence-electron chi connectivity index (χ0n) is 14.8. The van der Waals surface area contributed by atoms with E-state index in [2.05, 4.69) is 29.3 Å². The highest BCUT2D eigenvalue weighted by atomic mass is 16.3. The highest BCUT2D eigenvalue weighted by Crippen LogP contribution is 2.26. The number of carbonyl (C=O) groups excluding carboxylic acids is 1. The molecule has 1 heterocycles. The summed E-state index contributed by atoms with van der Waals surface area (Å²) in [6, 6.07) is 8.46. The van der Waals surface area contributed by atoms with E-state index in [0.29, 0.717) is 6.54 Å². The quantitative estimate of drug-likeness (QED) is 0.846. The van der Waals surface area contributed by atoms with E-state index in [0.717, 1.165) is 25.8 Å². The Hall–Kier alpha value is -1.39. The molecule has 2 N–H and O–H groups in total. The fraction of sp³-hybridized carbons (Fsp3) is 0.632. The Morgan fingerprint density at radius 3 is 2.78 bits per heavy atom. The minimum absolute atomic E-state index is 0.0437. The lowest BCUT2D eigenvalue weighted by molar-refractivity contribution is -0.124. The van der Waals surface area contributed by atoms with E-state index < -0.39 is 5.60 Å². The fourth-order valence-corrected chi connectivity index (χ4v) is 3.54. The molecule has 0 aliphatic carbocycles. The average molecular weight is 318 g/mol. The average Bonchev–Trinajstić information content (AvgIpc) is 2.89. The van der Waals surface area contributed by atoms with Gasteiger partial charge in [-0.3, -0.25) is 9.69 Å². The van der Waals surface area contributed by atoms with Crippen molar-refractivity contribution >= 4 is 5.91 Å². The molecule has 0 saturated carbocycles. The summed E-state index contributed by atoms with van der Waals surface area (Å²) in [4.78, 5) is 14.4. The van der Waals surface area contributed by atoms with Crippen molar-refractivity contribution in [2.45, 2.75) is 64.6 Å². The van der Waals surface area contributed by atoms with Gasteiger partial charge in [0.15, 0.2) is 0 Å². The molecule has 0 bridgehead atoms. The minimum atomic E-state index is -0.760. The molecule has 1 aromatic rings. The smallest absolute Gasteiger partial charge is 0.234 e. The maximum absolute atomic E-state index is 12.3. The Bertz CT molecular complexity index is 536. The second-order valence-electron chi connectivity index (χ2n) is 7.38. The second-order valence-corrected chi connectivity index (χ2v) is 7.38. The standard InChI is InChI=1S/C19H30N2O2/c1-14-8-5-6-9-16(14)12-15(2)20-18(22)13-21-11-7-10-17(21)19(3,4)23/h5-6,8-9,15,17,23H,7,10-13H2,1-4H3,(H,20,22). The third-order valence-corrected chi connectivity index (χ3v) is 4.72. The molecule has 0 radical (unpaired) electrons. The van der Waals surface area contributed by atoms with E-state index in [1.54, 1.807) is 0 Å². The maximum Gasteiger partial charge on any atom is 0.234 e. The number of carbonyl (C=O) groups is 1. The van der Waals surface area contributed by atoms with Gasteiger partial charge in [-0.2, -0.15) is 0 Å². The van der Waals surface area contributed by atoms with Crippen LogP contribution in [0.3, 0.4) is 0 Å². The summed E-state index contributed by atoms with van der Waals surface area (Å²) in [6.07, 6.45) is 2.84. The minimum Gasteiger partial charge on any atom is -0.389 e. The number of nitrogens with one attached hydrogen (secondary N) is 1. The number of rotatable bonds is 6. The van der Waals surface area contributed by atoms with Gasteiger partial charge in [-0.15, -0.1) is 0 Å². The predicted molar refractivity (Wildman–Crippen MR) is 93.4 cm³/mol. The number of hydrogen-bond acceptors (Lipinski definition) is 3. The molecule has 0 aromatic heterocycles. The van der Waals surface area contributed by atoms with E-state index in [1.165, 1.54) is 11.1 Å². The summed E-state index contributed by atoms with van der Waals surface area (Å²) >= 11 is 0. The number of aryl methyl sites for hydroxylation is 1. The van der Waals surface area contributed by atoms with Gasteiger partial charge in [0.25, 0.3) is 0 Å². The summed E-state index contributed by atoms with van der Waals surface area (Å²) < 4.78 is 0. The number of aliphatic hydroxyl groups is 1. The molecule has 2 rings (SSSR count). The number of hydrogen-bond donors (Lipinski definition) is 2. The lowest BCUT2D eigenvalue weighted by Gasteiger charge is -2.33. The van der Waals surface area contributed by atoms with E-state index >= 15 is 0 Å². The van der Waals surface area contributed by atoms with Gasteiger partial charge in [0.1, 0.15) is 0 Å². The summed E-state index contributed by atoms with van der Waals surface area (Å²) in [5, 5.41) is 13.3. The highest BCUT2D eigenvalue weighted by molar-refractivity contribution is 5.78. The molecule has 1 aromatic carbocycles. The topological polar surface area (TPSA) is 52.6 Å². The van der Waals surface area contributed by atoms with Gasteiger partial charge in [-0.1, -0.05) is 24.3 Å². The first-order chi connectivity index (χ1) is 10.8. The summed E-state index contributed by atoms with van der Waals surface area (Å²) in [6.45, 7) is 9.05. The normalized spacial score (nSPS) is 20.5. The van der Waals surface area contributed by atoms with Crippen LogP contribution >= 0.6 is 0 Å². The zero-order chi connectivity index (χ0) is 17.0. The SMILES string of the molecule is Cc1ccccc1CC(C)NC(=O)CN1CCCC1C(C)(C)O. The van der Waals surface area contributed by atoms with Crippen LogP contribution in [0.25, 0.3) is 0 Å². The molecule has 1 fully saturated rings. The van der Waals surface area contributed by atoms with Crippen LogP contribution in [0, 0.1) is 6.92 Å². The number of benzene rings is 1. The molecule has 1 aliphatic rings. The summed E-state index contributed by atoms with van der Waals surface area (Å²) in [5.41, 5.74) is 1.77. The number of nitrogens with zero attached hydrogens (tertiary/aromatic N) is 1. The first-order valence-corrected chi connectivity index (χ1v) is 8.57. The Morgan fingerprint density at radius 1 is 1.43 bits per heavy atom.